The maximum atomic E-state index is 14.4. The first kappa shape index (κ1) is 29.1. The third kappa shape index (κ3) is 7.27. The summed E-state index contributed by atoms with van der Waals surface area (Å²) < 4.78 is 39.4. The molecule has 0 aliphatic carbocycles. The highest BCUT2D eigenvalue weighted by Gasteiger charge is 2.24. The first-order valence-corrected chi connectivity index (χ1v) is 14.0. The van der Waals surface area contributed by atoms with Gasteiger partial charge in [0.25, 0.3) is 0 Å². The summed E-state index contributed by atoms with van der Waals surface area (Å²) >= 11 is 0. The molecule has 1 aliphatic rings. The zero-order chi connectivity index (χ0) is 29.5. The Bertz CT molecular complexity index is 1490. The molecule has 0 N–H and O–H groups in total. The monoisotopic (exact) mass is 577 g/mol. The molecule has 1 aliphatic heterocycles. The highest BCUT2D eigenvalue weighted by Crippen LogP contribution is 2.27. The van der Waals surface area contributed by atoms with Crippen molar-refractivity contribution in [3.8, 4) is 11.6 Å². The van der Waals surface area contributed by atoms with E-state index in [1.54, 1.807) is 17.0 Å². The quantitative estimate of drug-likeness (QED) is 0.297. The molecule has 3 heterocycles. The Morgan fingerprint density at radius 3 is 2.55 bits per heavy atom. The second-order valence-corrected chi connectivity index (χ2v) is 10.3. The summed E-state index contributed by atoms with van der Waals surface area (Å²) in [4.78, 5) is 35.9. The van der Waals surface area contributed by atoms with Gasteiger partial charge in [-0.25, -0.2) is 8.78 Å². The number of furan rings is 1. The van der Waals surface area contributed by atoms with Gasteiger partial charge in [-0.3, -0.25) is 14.5 Å². The average Bonchev–Trinajstić information content (AvgIpc) is 3.67. The van der Waals surface area contributed by atoms with Crippen LogP contribution in [0.2, 0.25) is 0 Å². The molecule has 2 aromatic carbocycles. The van der Waals surface area contributed by atoms with E-state index in [-0.39, 0.29) is 30.5 Å². The second kappa shape index (κ2) is 13.5. The fourth-order valence-electron chi connectivity index (χ4n) is 5.14. The number of amides is 2. The predicted octanol–water partition coefficient (Wildman–Crippen LogP) is 5.22. The van der Waals surface area contributed by atoms with Crippen LogP contribution in [-0.2, 0) is 29.1 Å². The summed E-state index contributed by atoms with van der Waals surface area (Å²) in [6, 6.07) is 15.6. The van der Waals surface area contributed by atoms with Crippen molar-refractivity contribution in [1.29, 1.82) is 0 Å². The van der Waals surface area contributed by atoms with Crippen molar-refractivity contribution in [3.63, 3.8) is 0 Å². The fraction of sp³-hybridized carbons (Fsp3) is 0.355. The number of aryl methyl sites for hydroxylation is 1. The summed E-state index contributed by atoms with van der Waals surface area (Å²) in [7, 11) is 0. The van der Waals surface area contributed by atoms with Gasteiger partial charge in [-0.15, -0.1) is 0 Å². The van der Waals surface area contributed by atoms with Gasteiger partial charge in [0.1, 0.15) is 0 Å². The fourth-order valence-corrected chi connectivity index (χ4v) is 5.14. The zero-order valence-electron chi connectivity index (χ0n) is 23.5. The van der Waals surface area contributed by atoms with Crippen molar-refractivity contribution < 1.29 is 27.3 Å². The molecule has 4 aromatic rings. The van der Waals surface area contributed by atoms with Gasteiger partial charge in [0.05, 0.1) is 12.0 Å². The predicted molar refractivity (Wildman–Crippen MR) is 151 cm³/mol. The van der Waals surface area contributed by atoms with E-state index in [0.717, 1.165) is 17.7 Å². The Balaban J connectivity index is 1.34. The largest absolute Gasteiger partial charge is 0.461 e. The molecule has 0 spiro atoms. The van der Waals surface area contributed by atoms with Gasteiger partial charge in [-0.2, -0.15) is 4.98 Å². The Hall–Kier alpha value is -4.38. The van der Waals surface area contributed by atoms with E-state index in [1.165, 1.54) is 18.1 Å². The first-order valence-electron chi connectivity index (χ1n) is 14.0. The number of benzene rings is 2. The number of halogens is 2. The Morgan fingerprint density at radius 1 is 0.976 bits per heavy atom. The van der Waals surface area contributed by atoms with E-state index >= 15 is 0 Å². The van der Waals surface area contributed by atoms with Crippen LogP contribution in [0.5, 0.6) is 0 Å². The molecule has 0 atom stereocenters. The van der Waals surface area contributed by atoms with E-state index < -0.39 is 11.6 Å². The minimum absolute atomic E-state index is 0.0392. The van der Waals surface area contributed by atoms with Gasteiger partial charge in [0.15, 0.2) is 17.4 Å². The minimum Gasteiger partial charge on any atom is -0.461 e. The van der Waals surface area contributed by atoms with Crippen LogP contribution in [0.25, 0.3) is 11.6 Å². The van der Waals surface area contributed by atoms with Crippen molar-refractivity contribution in [2.75, 3.05) is 31.1 Å². The van der Waals surface area contributed by atoms with Crippen molar-refractivity contribution in [3.05, 3.63) is 89.5 Å². The number of carbonyl (C=O) groups excluding carboxylic acids is 2. The lowest BCUT2D eigenvalue weighted by Gasteiger charge is -2.28. The van der Waals surface area contributed by atoms with E-state index in [1.807, 2.05) is 30.3 Å². The number of hydrogen-bond donors (Lipinski definition) is 0. The molecule has 0 saturated carbocycles. The molecule has 220 valence electrons. The minimum atomic E-state index is -1.04. The summed E-state index contributed by atoms with van der Waals surface area (Å²) in [6.45, 7) is 4.09. The lowest BCUT2D eigenvalue weighted by molar-refractivity contribution is -0.132. The summed E-state index contributed by atoms with van der Waals surface area (Å²) in [5, 5.41) is 3.92. The SMILES string of the molecule is CC(=O)N1CCCN(Cc2ccccc2)CCN(C(=O)CCCc2nc(-c3ccco3)no2)Cc2cc(F)c(F)cc21. The number of anilines is 1. The van der Waals surface area contributed by atoms with Gasteiger partial charge in [0, 0.05) is 65.1 Å². The maximum absolute atomic E-state index is 14.4. The number of nitrogens with zero attached hydrogens (tertiary/aromatic N) is 5. The van der Waals surface area contributed by atoms with Crippen molar-refractivity contribution in [1.82, 2.24) is 19.9 Å². The maximum Gasteiger partial charge on any atom is 0.238 e. The first-order chi connectivity index (χ1) is 20.4. The highest BCUT2D eigenvalue weighted by atomic mass is 19.2. The van der Waals surface area contributed by atoms with Crippen LogP contribution in [0.15, 0.2) is 69.8 Å². The highest BCUT2D eigenvalue weighted by molar-refractivity contribution is 5.92. The number of fused-ring (bicyclic) bond motifs is 1. The van der Waals surface area contributed by atoms with Gasteiger partial charge in [-0.1, -0.05) is 35.5 Å². The molecule has 2 amide bonds. The Labute approximate surface area is 242 Å². The van der Waals surface area contributed by atoms with Crippen LogP contribution in [0.1, 0.15) is 43.2 Å². The summed E-state index contributed by atoms with van der Waals surface area (Å²) in [6.07, 6.45) is 3.18. The van der Waals surface area contributed by atoms with E-state index in [0.29, 0.717) is 75.0 Å². The second-order valence-electron chi connectivity index (χ2n) is 10.3. The van der Waals surface area contributed by atoms with Gasteiger partial charge >= 0.3 is 0 Å². The molecule has 0 saturated heterocycles. The molecular weight excluding hydrogens is 544 g/mol. The average molecular weight is 578 g/mol. The number of aromatic nitrogens is 2. The van der Waals surface area contributed by atoms with E-state index in [2.05, 4.69) is 15.0 Å². The van der Waals surface area contributed by atoms with E-state index in [9.17, 15) is 18.4 Å². The van der Waals surface area contributed by atoms with Gasteiger partial charge in [0.2, 0.25) is 23.5 Å². The topological polar surface area (TPSA) is 95.9 Å². The lowest BCUT2D eigenvalue weighted by atomic mass is 10.1. The van der Waals surface area contributed by atoms with Crippen LogP contribution >= 0.6 is 0 Å². The van der Waals surface area contributed by atoms with Crippen LogP contribution in [-0.4, -0.2) is 57.9 Å². The molecule has 0 fully saturated rings. The molecule has 5 rings (SSSR count). The summed E-state index contributed by atoms with van der Waals surface area (Å²) in [5.74, 6) is -1.26. The van der Waals surface area contributed by atoms with Crippen LogP contribution < -0.4 is 4.90 Å². The molecule has 42 heavy (non-hydrogen) atoms. The number of carbonyl (C=O) groups is 2. The number of rotatable bonds is 7. The van der Waals surface area contributed by atoms with Crippen molar-refractivity contribution >= 4 is 17.5 Å². The van der Waals surface area contributed by atoms with Crippen LogP contribution in [0, 0.1) is 11.6 Å². The third-order valence-electron chi connectivity index (χ3n) is 7.29. The molecule has 11 heteroatoms. The standard InChI is InChI=1S/C31H33F2N5O4/c1-22(39)38-14-7-13-36(20-23-8-3-2-4-9-23)15-16-37(21-24-18-25(32)26(33)19-27(24)38)30(40)12-5-11-29-34-31(35-42-29)28-10-6-17-41-28/h2-4,6,8-10,17-19H,5,7,11-16,20-21H2,1H3. The number of hydrogen-bond acceptors (Lipinski definition) is 7. The normalized spacial score (nSPS) is 14.8. The third-order valence-corrected chi connectivity index (χ3v) is 7.29. The molecular formula is C31H33F2N5O4. The van der Waals surface area contributed by atoms with Crippen molar-refractivity contribution in [2.45, 2.75) is 45.7 Å². The molecule has 0 bridgehead atoms. The van der Waals surface area contributed by atoms with Crippen LogP contribution in [0.3, 0.4) is 0 Å². The van der Waals surface area contributed by atoms with Crippen molar-refractivity contribution in [2.24, 2.45) is 0 Å². The Morgan fingerprint density at radius 2 is 1.79 bits per heavy atom. The van der Waals surface area contributed by atoms with E-state index in [4.69, 9.17) is 8.94 Å². The molecule has 0 radical (unpaired) electrons. The zero-order valence-corrected chi connectivity index (χ0v) is 23.5. The molecule has 9 nitrogen and oxygen atoms in total. The summed E-state index contributed by atoms with van der Waals surface area (Å²) in [5.41, 5.74) is 1.80. The lowest BCUT2D eigenvalue weighted by Crippen LogP contribution is -2.38. The van der Waals surface area contributed by atoms with Gasteiger partial charge < -0.3 is 18.7 Å². The van der Waals surface area contributed by atoms with Gasteiger partial charge in [-0.05, 0) is 42.2 Å². The Kier molecular flexibility index (Phi) is 9.38. The molecule has 2 aromatic heterocycles. The van der Waals surface area contributed by atoms with Crippen LogP contribution in [0.4, 0.5) is 14.5 Å². The molecule has 0 unspecified atom stereocenters. The smallest absolute Gasteiger partial charge is 0.238 e.